The van der Waals surface area contributed by atoms with E-state index in [9.17, 15) is 13.2 Å². The van der Waals surface area contributed by atoms with Crippen molar-refractivity contribution in [1.82, 2.24) is 9.80 Å². The lowest BCUT2D eigenvalue weighted by molar-refractivity contribution is -0.137. The molecule has 0 spiro atoms. The van der Waals surface area contributed by atoms with Crippen molar-refractivity contribution in [2.24, 2.45) is 0 Å². The van der Waals surface area contributed by atoms with Gasteiger partial charge in [-0.3, -0.25) is 9.80 Å². The highest BCUT2D eigenvalue weighted by Gasteiger charge is 2.31. The standard InChI is InChI=1S/C24H30F3N3O/c1-31-23-7-3-2-6-22(23)30-15-13-29(14-16-30)21-5-4-12-28(18-21)17-19-8-10-20(11-9-19)24(25,26)27/h2-3,6-11,21H,4-5,12-18H2,1H3/t21-/m0/s1. The van der Waals surface area contributed by atoms with E-state index in [1.165, 1.54) is 18.6 Å². The van der Waals surface area contributed by atoms with Crippen LogP contribution in [0, 0.1) is 0 Å². The van der Waals surface area contributed by atoms with Crippen LogP contribution in [0.3, 0.4) is 0 Å². The fourth-order valence-corrected chi connectivity index (χ4v) is 4.75. The van der Waals surface area contributed by atoms with Crippen molar-refractivity contribution in [1.29, 1.82) is 0 Å². The third-order valence-electron chi connectivity index (χ3n) is 6.42. The second-order valence-corrected chi connectivity index (χ2v) is 8.42. The van der Waals surface area contributed by atoms with E-state index in [4.69, 9.17) is 4.74 Å². The Bertz CT molecular complexity index is 848. The summed E-state index contributed by atoms with van der Waals surface area (Å²) in [4.78, 5) is 7.34. The van der Waals surface area contributed by atoms with E-state index in [0.29, 0.717) is 12.6 Å². The topological polar surface area (TPSA) is 19.0 Å². The van der Waals surface area contributed by atoms with Gasteiger partial charge < -0.3 is 9.64 Å². The summed E-state index contributed by atoms with van der Waals surface area (Å²) in [6.07, 6.45) is -1.98. The first kappa shape index (κ1) is 22.0. The zero-order valence-electron chi connectivity index (χ0n) is 17.9. The molecular weight excluding hydrogens is 403 g/mol. The summed E-state index contributed by atoms with van der Waals surface area (Å²) in [5, 5.41) is 0. The molecule has 31 heavy (non-hydrogen) atoms. The summed E-state index contributed by atoms with van der Waals surface area (Å²) in [5.41, 5.74) is 1.51. The van der Waals surface area contributed by atoms with Gasteiger partial charge in [0.25, 0.3) is 0 Å². The van der Waals surface area contributed by atoms with E-state index < -0.39 is 11.7 Å². The monoisotopic (exact) mass is 433 g/mol. The van der Waals surface area contributed by atoms with Crippen molar-refractivity contribution >= 4 is 5.69 Å². The number of nitrogens with zero attached hydrogens (tertiary/aromatic N) is 3. The van der Waals surface area contributed by atoms with Gasteiger partial charge in [0.1, 0.15) is 5.75 Å². The van der Waals surface area contributed by atoms with E-state index in [2.05, 4.69) is 20.8 Å². The number of ether oxygens (including phenoxy) is 1. The van der Waals surface area contributed by atoms with Crippen LogP contribution in [-0.4, -0.2) is 62.2 Å². The van der Waals surface area contributed by atoms with Gasteiger partial charge in [-0.25, -0.2) is 0 Å². The number of para-hydroxylation sites is 2. The number of alkyl halides is 3. The zero-order chi connectivity index (χ0) is 21.8. The fraction of sp³-hybridized carbons (Fsp3) is 0.500. The molecular formula is C24H30F3N3O. The Kier molecular flexibility index (Phi) is 6.72. The molecule has 2 aromatic rings. The highest BCUT2D eigenvalue weighted by Crippen LogP contribution is 2.30. The Balaban J connectivity index is 1.31. The Morgan fingerprint density at radius 2 is 1.65 bits per heavy atom. The normalized spacial score (nSPS) is 21.3. The molecule has 2 aliphatic heterocycles. The highest BCUT2D eigenvalue weighted by molar-refractivity contribution is 5.58. The third kappa shape index (κ3) is 5.33. The maximum Gasteiger partial charge on any atom is 0.416 e. The van der Waals surface area contributed by atoms with Gasteiger partial charge in [-0.05, 0) is 49.2 Å². The summed E-state index contributed by atoms with van der Waals surface area (Å²) < 4.78 is 43.9. The Morgan fingerprint density at radius 3 is 2.32 bits per heavy atom. The summed E-state index contributed by atoms with van der Waals surface area (Å²) >= 11 is 0. The Morgan fingerprint density at radius 1 is 0.935 bits per heavy atom. The highest BCUT2D eigenvalue weighted by atomic mass is 19.4. The molecule has 4 nitrogen and oxygen atoms in total. The lowest BCUT2D eigenvalue weighted by Crippen LogP contribution is -2.55. The van der Waals surface area contributed by atoms with E-state index in [0.717, 1.165) is 62.7 Å². The van der Waals surface area contributed by atoms with Crippen LogP contribution in [0.15, 0.2) is 48.5 Å². The van der Waals surface area contributed by atoms with Gasteiger partial charge in [0, 0.05) is 45.3 Å². The minimum absolute atomic E-state index is 0.503. The number of halogens is 3. The van der Waals surface area contributed by atoms with Crippen molar-refractivity contribution < 1.29 is 17.9 Å². The van der Waals surface area contributed by atoms with Crippen LogP contribution in [0.1, 0.15) is 24.0 Å². The van der Waals surface area contributed by atoms with E-state index in [-0.39, 0.29) is 0 Å². The lowest BCUT2D eigenvalue weighted by atomic mass is 10.0. The molecule has 7 heteroatoms. The fourth-order valence-electron chi connectivity index (χ4n) is 4.75. The van der Waals surface area contributed by atoms with Gasteiger partial charge in [-0.1, -0.05) is 24.3 Å². The molecule has 2 aromatic carbocycles. The van der Waals surface area contributed by atoms with Crippen LogP contribution in [0.5, 0.6) is 5.75 Å². The maximum atomic E-state index is 12.8. The summed E-state index contributed by atoms with van der Waals surface area (Å²) in [7, 11) is 1.71. The van der Waals surface area contributed by atoms with Crippen LogP contribution in [0.2, 0.25) is 0 Å². The SMILES string of the molecule is COc1ccccc1N1CCN([C@H]2CCCN(Cc3ccc(C(F)(F)F)cc3)C2)CC1. The van der Waals surface area contributed by atoms with Gasteiger partial charge in [-0.2, -0.15) is 13.2 Å². The van der Waals surface area contributed by atoms with Crippen molar-refractivity contribution in [3.63, 3.8) is 0 Å². The number of rotatable bonds is 5. The number of piperazine rings is 1. The van der Waals surface area contributed by atoms with Gasteiger partial charge in [0.15, 0.2) is 0 Å². The molecule has 0 radical (unpaired) electrons. The predicted molar refractivity (Wildman–Crippen MR) is 117 cm³/mol. The van der Waals surface area contributed by atoms with Crippen molar-refractivity contribution in [3.05, 3.63) is 59.7 Å². The van der Waals surface area contributed by atoms with Gasteiger partial charge in [-0.15, -0.1) is 0 Å². The number of anilines is 1. The molecule has 2 fully saturated rings. The summed E-state index contributed by atoms with van der Waals surface area (Å²) in [6, 6.07) is 14.3. The zero-order valence-corrected chi connectivity index (χ0v) is 17.9. The quantitative estimate of drug-likeness (QED) is 0.691. The largest absolute Gasteiger partial charge is 0.495 e. The lowest BCUT2D eigenvalue weighted by Gasteiger charge is -2.44. The predicted octanol–water partition coefficient (Wildman–Crippen LogP) is 4.50. The van der Waals surface area contributed by atoms with Crippen LogP contribution >= 0.6 is 0 Å². The molecule has 2 aliphatic rings. The molecule has 0 aromatic heterocycles. The van der Waals surface area contributed by atoms with Gasteiger partial charge in [0.2, 0.25) is 0 Å². The minimum Gasteiger partial charge on any atom is -0.495 e. The van der Waals surface area contributed by atoms with Gasteiger partial charge in [0.05, 0.1) is 18.4 Å². The second kappa shape index (κ2) is 9.49. The smallest absolute Gasteiger partial charge is 0.416 e. The van der Waals surface area contributed by atoms with Gasteiger partial charge >= 0.3 is 6.18 Å². The van der Waals surface area contributed by atoms with Crippen molar-refractivity contribution in [2.45, 2.75) is 31.6 Å². The van der Waals surface area contributed by atoms with Crippen LogP contribution in [0.25, 0.3) is 0 Å². The number of hydrogen-bond donors (Lipinski definition) is 0. The molecule has 2 heterocycles. The summed E-state index contributed by atoms with van der Waals surface area (Å²) in [6.45, 7) is 6.63. The average Bonchev–Trinajstić information content (AvgIpc) is 2.79. The number of likely N-dealkylation sites (tertiary alicyclic amines) is 1. The first-order chi connectivity index (χ1) is 14.9. The van der Waals surface area contributed by atoms with Crippen LogP contribution in [-0.2, 0) is 12.7 Å². The van der Waals surface area contributed by atoms with Crippen molar-refractivity contribution in [3.8, 4) is 5.75 Å². The van der Waals surface area contributed by atoms with Crippen LogP contribution in [0.4, 0.5) is 18.9 Å². The molecule has 0 aliphatic carbocycles. The third-order valence-corrected chi connectivity index (χ3v) is 6.42. The molecule has 0 saturated carbocycles. The first-order valence-corrected chi connectivity index (χ1v) is 10.9. The molecule has 2 saturated heterocycles. The molecule has 4 rings (SSSR count). The average molecular weight is 434 g/mol. The Labute approximate surface area is 182 Å². The molecule has 0 bridgehead atoms. The van der Waals surface area contributed by atoms with Crippen LogP contribution < -0.4 is 9.64 Å². The number of piperidine rings is 1. The number of hydrogen-bond acceptors (Lipinski definition) is 4. The molecule has 0 amide bonds. The second-order valence-electron chi connectivity index (χ2n) is 8.42. The van der Waals surface area contributed by atoms with E-state index in [1.807, 2.05) is 18.2 Å². The molecule has 0 unspecified atom stereocenters. The summed E-state index contributed by atoms with van der Waals surface area (Å²) in [5.74, 6) is 0.913. The van der Waals surface area contributed by atoms with E-state index >= 15 is 0 Å². The van der Waals surface area contributed by atoms with Crippen molar-refractivity contribution in [2.75, 3.05) is 51.3 Å². The Hall–Kier alpha value is -2.25. The molecule has 168 valence electrons. The first-order valence-electron chi connectivity index (χ1n) is 10.9. The number of benzene rings is 2. The van der Waals surface area contributed by atoms with E-state index in [1.54, 1.807) is 19.2 Å². The minimum atomic E-state index is -4.28. The maximum absolute atomic E-state index is 12.8. The number of methoxy groups -OCH3 is 1. The molecule has 0 N–H and O–H groups in total. The molecule has 1 atom stereocenters.